The second-order valence-corrected chi connectivity index (χ2v) is 4.41. The van der Waals surface area contributed by atoms with Crippen molar-refractivity contribution in [2.45, 2.75) is 13.5 Å². The zero-order valence-corrected chi connectivity index (χ0v) is 11.4. The first kappa shape index (κ1) is 13.8. The monoisotopic (exact) mass is 269 g/mol. The maximum absolute atomic E-state index is 11.8. The van der Waals surface area contributed by atoms with E-state index < -0.39 is 0 Å². The van der Waals surface area contributed by atoms with E-state index in [1.165, 1.54) is 0 Å². The van der Waals surface area contributed by atoms with E-state index in [9.17, 15) is 4.79 Å². The number of aromatic nitrogens is 1. The molecule has 0 fully saturated rings. The van der Waals surface area contributed by atoms with E-state index in [1.54, 1.807) is 26.2 Å². The lowest BCUT2D eigenvalue weighted by atomic mass is 9.98. The molecule has 5 nitrogen and oxygen atoms in total. The van der Waals surface area contributed by atoms with Crippen molar-refractivity contribution in [1.29, 1.82) is 5.26 Å². The summed E-state index contributed by atoms with van der Waals surface area (Å²) in [7, 11) is 1.58. The number of benzene rings is 1. The quantitative estimate of drug-likeness (QED) is 0.886. The smallest absolute Gasteiger partial charge is 0.266 e. The summed E-state index contributed by atoms with van der Waals surface area (Å²) in [5, 5.41) is 9.16. The molecule has 1 aromatic heterocycles. The zero-order valence-electron chi connectivity index (χ0n) is 11.4. The van der Waals surface area contributed by atoms with Gasteiger partial charge in [0.2, 0.25) is 0 Å². The van der Waals surface area contributed by atoms with Crippen molar-refractivity contribution in [3.05, 3.63) is 51.4 Å². The average molecular weight is 269 g/mol. The van der Waals surface area contributed by atoms with Gasteiger partial charge in [0.15, 0.2) is 0 Å². The fraction of sp³-hybridized carbons (Fsp3) is 0.200. The Morgan fingerprint density at radius 1 is 1.40 bits per heavy atom. The third kappa shape index (κ3) is 2.42. The van der Waals surface area contributed by atoms with Gasteiger partial charge in [0, 0.05) is 23.4 Å². The molecule has 0 saturated carbocycles. The van der Waals surface area contributed by atoms with Crippen molar-refractivity contribution in [2.24, 2.45) is 5.73 Å². The maximum Gasteiger partial charge on any atom is 0.266 e. The van der Waals surface area contributed by atoms with E-state index in [0.717, 1.165) is 11.1 Å². The Hall–Kier alpha value is -2.58. The number of nitriles is 1. The Kier molecular flexibility index (Phi) is 3.87. The largest absolute Gasteiger partial charge is 0.496 e. The lowest BCUT2D eigenvalue weighted by molar-refractivity contribution is 0.410. The van der Waals surface area contributed by atoms with Gasteiger partial charge in [-0.25, -0.2) is 0 Å². The van der Waals surface area contributed by atoms with Gasteiger partial charge in [0.25, 0.3) is 5.56 Å². The average Bonchev–Trinajstić information content (AvgIpc) is 2.45. The molecule has 0 saturated heterocycles. The molecule has 0 atom stereocenters. The van der Waals surface area contributed by atoms with Gasteiger partial charge in [-0.15, -0.1) is 0 Å². The number of nitrogens with zero attached hydrogens (tertiary/aromatic N) is 1. The second kappa shape index (κ2) is 5.59. The fourth-order valence-electron chi connectivity index (χ4n) is 2.13. The molecule has 2 aromatic rings. The van der Waals surface area contributed by atoms with E-state index in [-0.39, 0.29) is 11.1 Å². The maximum atomic E-state index is 11.8. The van der Waals surface area contributed by atoms with Gasteiger partial charge in [-0.3, -0.25) is 4.79 Å². The number of ether oxygens (including phenoxy) is 1. The molecule has 20 heavy (non-hydrogen) atoms. The Labute approximate surface area is 116 Å². The zero-order chi connectivity index (χ0) is 14.7. The minimum absolute atomic E-state index is 0.101. The minimum Gasteiger partial charge on any atom is -0.496 e. The van der Waals surface area contributed by atoms with Crippen molar-refractivity contribution < 1.29 is 4.74 Å². The highest BCUT2D eigenvalue weighted by Crippen LogP contribution is 2.27. The number of pyridine rings is 1. The molecule has 0 amide bonds. The Bertz CT molecular complexity index is 742. The van der Waals surface area contributed by atoms with Gasteiger partial charge < -0.3 is 15.5 Å². The highest BCUT2D eigenvalue weighted by atomic mass is 16.5. The number of aryl methyl sites for hydroxylation is 1. The number of hydrogen-bond acceptors (Lipinski definition) is 4. The van der Waals surface area contributed by atoms with Crippen LogP contribution in [0.3, 0.4) is 0 Å². The van der Waals surface area contributed by atoms with Crippen LogP contribution in [-0.2, 0) is 6.54 Å². The van der Waals surface area contributed by atoms with E-state index in [1.807, 2.05) is 18.2 Å². The summed E-state index contributed by atoms with van der Waals surface area (Å²) in [5.74, 6) is 0.691. The summed E-state index contributed by atoms with van der Waals surface area (Å²) in [6, 6.07) is 9.17. The van der Waals surface area contributed by atoms with E-state index in [4.69, 9.17) is 15.7 Å². The van der Waals surface area contributed by atoms with Crippen LogP contribution in [0.1, 0.15) is 16.8 Å². The van der Waals surface area contributed by atoms with Gasteiger partial charge in [-0.1, -0.05) is 6.07 Å². The minimum atomic E-state index is -0.382. The molecule has 0 aliphatic heterocycles. The van der Waals surface area contributed by atoms with Crippen LogP contribution in [0.25, 0.3) is 11.1 Å². The number of rotatable bonds is 3. The summed E-state index contributed by atoms with van der Waals surface area (Å²) < 4.78 is 5.22. The first-order chi connectivity index (χ1) is 9.60. The van der Waals surface area contributed by atoms with Crippen molar-refractivity contribution >= 4 is 0 Å². The highest BCUT2D eigenvalue weighted by molar-refractivity contribution is 5.71. The highest BCUT2D eigenvalue weighted by Gasteiger charge is 2.12. The molecule has 102 valence electrons. The van der Waals surface area contributed by atoms with Crippen LogP contribution < -0.4 is 16.0 Å². The lowest BCUT2D eigenvalue weighted by Gasteiger charge is -2.10. The predicted octanol–water partition coefficient (Wildman–Crippen LogP) is 1.69. The third-order valence-corrected chi connectivity index (χ3v) is 3.09. The molecule has 1 aromatic carbocycles. The van der Waals surface area contributed by atoms with Gasteiger partial charge in [-0.2, -0.15) is 5.26 Å². The normalized spacial score (nSPS) is 10.1. The molecule has 0 aliphatic rings. The molecule has 1 heterocycles. The SMILES string of the molecule is COc1ccc(-c2cc(C)[nH]c(=O)c2C#N)cc1CN. The second-order valence-electron chi connectivity index (χ2n) is 4.41. The van der Waals surface area contributed by atoms with Crippen LogP contribution in [-0.4, -0.2) is 12.1 Å². The number of methoxy groups -OCH3 is 1. The van der Waals surface area contributed by atoms with Crippen molar-refractivity contribution in [2.75, 3.05) is 7.11 Å². The van der Waals surface area contributed by atoms with Crippen LogP contribution in [0.4, 0.5) is 0 Å². The first-order valence-electron chi connectivity index (χ1n) is 6.12. The van der Waals surface area contributed by atoms with Gasteiger partial charge >= 0.3 is 0 Å². The number of H-pyrrole nitrogens is 1. The van der Waals surface area contributed by atoms with E-state index in [0.29, 0.717) is 23.6 Å². The standard InChI is InChI=1S/C15H15N3O2/c1-9-5-12(13(8-17)15(19)18-9)10-3-4-14(20-2)11(6-10)7-16/h3-6H,7,16H2,1-2H3,(H,18,19). The third-order valence-electron chi connectivity index (χ3n) is 3.09. The molecule has 0 radical (unpaired) electrons. The van der Waals surface area contributed by atoms with Crippen LogP contribution in [0.2, 0.25) is 0 Å². The van der Waals surface area contributed by atoms with Crippen molar-refractivity contribution in [3.8, 4) is 22.9 Å². The molecular weight excluding hydrogens is 254 g/mol. The van der Waals surface area contributed by atoms with Crippen LogP contribution >= 0.6 is 0 Å². The number of aromatic amines is 1. The predicted molar refractivity (Wildman–Crippen MR) is 76.4 cm³/mol. The number of nitrogens with one attached hydrogen (secondary N) is 1. The Balaban J connectivity index is 2.69. The molecule has 0 bridgehead atoms. The fourth-order valence-corrected chi connectivity index (χ4v) is 2.13. The number of nitrogens with two attached hydrogens (primary N) is 1. The first-order valence-corrected chi connectivity index (χ1v) is 6.12. The van der Waals surface area contributed by atoms with Gasteiger partial charge in [0.1, 0.15) is 17.4 Å². The molecule has 3 N–H and O–H groups in total. The van der Waals surface area contributed by atoms with Gasteiger partial charge in [0.05, 0.1) is 7.11 Å². The molecular formula is C15H15N3O2. The summed E-state index contributed by atoms with van der Waals surface area (Å²) in [5.41, 5.74) is 8.32. The summed E-state index contributed by atoms with van der Waals surface area (Å²) >= 11 is 0. The molecule has 0 unspecified atom stereocenters. The number of hydrogen-bond donors (Lipinski definition) is 2. The summed E-state index contributed by atoms with van der Waals surface area (Å²) in [6.07, 6.45) is 0. The molecule has 0 spiro atoms. The molecule has 0 aliphatic carbocycles. The lowest BCUT2D eigenvalue weighted by Crippen LogP contribution is -2.12. The molecule has 5 heteroatoms. The van der Waals surface area contributed by atoms with E-state index >= 15 is 0 Å². The van der Waals surface area contributed by atoms with Crippen molar-refractivity contribution in [1.82, 2.24) is 4.98 Å². The van der Waals surface area contributed by atoms with Crippen LogP contribution in [0.15, 0.2) is 29.1 Å². The Morgan fingerprint density at radius 3 is 2.75 bits per heavy atom. The Morgan fingerprint density at radius 2 is 2.15 bits per heavy atom. The van der Waals surface area contributed by atoms with Gasteiger partial charge in [-0.05, 0) is 30.7 Å². The summed E-state index contributed by atoms with van der Waals surface area (Å²) in [4.78, 5) is 14.4. The van der Waals surface area contributed by atoms with E-state index in [2.05, 4.69) is 4.98 Å². The van der Waals surface area contributed by atoms with Crippen LogP contribution in [0.5, 0.6) is 5.75 Å². The topological polar surface area (TPSA) is 91.9 Å². The van der Waals surface area contributed by atoms with Crippen LogP contribution in [0, 0.1) is 18.3 Å². The van der Waals surface area contributed by atoms with Crippen molar-refractivity contribution in [3.63, 3.8) is 0 Å². The summed E-state index contributed by atoms with van der Waals surface area (Å²) in [6.45, 7) is 2.10. The molecule has 2 rings (SSSR count).